The summed E-state index contributed by atoms with van der Waals surface area (Å²) in [5.74, 6) is 0.964. The summed E-state index contributed by atoms with van der Waals surface area (Å²) in [5.41, 5.74) is 4.10. The molecule has 0 amide bonds. The van der Waals surface area contributed by atoms with Gasteiger partial charge in [-0.25, -0.2) is 0 Å². The van der Waals surface area contributed by atoms with Gasteiger partial charge in [-0.05, 0) is 37.7 Å². The number of rotatable bonds is 12. The fraction of sp³-hybridized carbons (Fsp3) is 0.524. The average molecular weight is 485 g/mol. The van der Waals surface area contributed by atoms with Crippen LogP contribution in [0.15, 0.2) is 34.5 Å². The lowest BCUT2D eigenvalue weighted by Gasteiger charge is -2.15. The van der Waals surface area contributed by atoms with E-state index >= 15 is 0 Å². The molecule has 1 N–H and O–H groups in total. The van der Waals surface area contributed by atoms with Crippen LogP contribution < -0.4 is 15.0 Å². The van der Waals surface area contributed by atoms with Crippen LogP contribution in [-0.2, 0) is 4.84 Å². The fourth-order valence-electron chi connectivity index (χ4n) is 2.43. The number of hydrogen-bond acceptors (Lipinski definition) is 4. The number of hydroxylamine groups is 1. The number of hydrogen-bond donors (Lipinski definition) is 1. The van der Waals surface area contributed by atoms with Crippen molar-refractivity contribution in [2.75, 3.05) is 19.8 Å². The van der Waals surface area contributed by atoms with E-state index in [9.17, 15) is 0 Å². The molecule has 0 aliphatic rings. The van der Waals surface area contributed by atoms with Gasteiger partial charge in [0.1, 0.15) is 16.8 Å². The first-order valence-electron chi connectivity index (χ1n) is 9.41. The summed E-state index contributed by atoms with van der Waals surface area (Å²) in [6.07, 6.45) is 6.41. The minimum absolute atomic E-state index is 0.125. The molecule has 0 heterocycles. The first kappa shape index (κ1) is 26.3. The van der Waals surface area contributed by atoms with Crippen molar-refractivity contribution in [1.29, 1.82) is 0 Å². The first-order chi connectivity index (χ1) is 13.6. The fourth-order valence-corrected chi connectivity index (χ4v) is 3.13. The van der Waals surface area contributed by atoms with Gasteiger partial charge in [-0.15, -0.1) is 0 Å². The van der Waals surface area contributed by atoms with Crippen LogP contribution in [0.3, 0.4) is 0 Å². The molecule has 0 saturated heterocycles. The maximum Gasteiger partial charge on any atom is 0.156 e. The lowest BCUT2D eigenvalue weighted by Crippen LogP contribution is -2.15. The van der Waals surface area contributed by atoms with Crippen molar-refractivity contribution >= 4 is 46.4 Å². The van der Waals surface area contributed by atoms with Gasteiger partial charge in [0.25, 0.3) is 0 Å². The summed E-state index contributed by atoms with van der Waals surface area (Å²) in [7, 11) is 0. The molecular formula is C21H29Cl4NO3. The van der Waals surface area contributed by atoms with Gasteiger partial charge < -0.3 is 9.47 Å². The van der Waals surface area contributed by atoms with Crippen LogP contribution in [0, 0.1) is 5.41 Å². The van der Waals surface area contributed by atoms with E-state index in [-0.39, 0.29) is 16.5 Å². The van der Waals surface area contributed by atoms with E-state index in [0.29, 0.717) is 34.8 Å². The maximum atomic E-state index is 6.24. The summed E-state index contributed by atoms with van der Waals surface area (Å²) in [6, 6.07) is 3.29. The van der Waals surface area contributed by atoms with Crippen molar-refractivity contribution in [3.63, 3.8) is 0 Å². The molecule has 164 valence electrons. The molecule has 0 aliphatic heterocycles. The quantitative estimate of drug-likeness (QED) is 0.243. The van der Waals surface area contributed by atoms with E-state index in [1.165, 1.54) is 6.08 Å². The molecule has 0 spiro atoms. The number of benzene rings is 1. The van der Waals surface area contributed by atoms with E-state index in [1.807, 2.05) is 6.92 Å². The zero-order chi connectivity index (χ0) is 21.9. The Balaban J connectivity index is 2.27. The third-order valence-electron chi connectivity index (χ3n) is 3.48. The molecule has 0 saturated carbocycles. The van der Waals surface area contributed by atoms with Crippen LogP contribution >= 0.6 is 46.4 Å². The van der Waals surface area contributed by atoms with Crippen LogP contribution in [0.5, 0.6) is 11.5 Å². The van der Waals surface area contributed by atoms with E-state index in [2.05, 4.69) is 32.3 Å². The summed E-state index contributed by atoms with van der Waals surface area (Å²) in [4.78, 5) is 5.47. The van der Waals surface area contributed by atoms with Crippen LogP contribution in [0.2, 0.25) is 10.0 Å². The topological polar surface area (TPSA) is 39.7 Å². The van der Waals surface area contributed by atoms with Gasteiger partial charge in [-0.1, -0.05) is 73.3 Å². The molecule has 4 nitrogen and oxygen atoms in total. The van der Waals surface area contributed by atoms with Crippen LogP contribution in [0.25, 0.3) is 0 Å². The van der Waals surface area contributed by atoms with Crippen LogP contribution in [0.1, 0.15) is 47.0 Å². The van der Waals surface area contributed by atoms with Crippen molar-refractivity contribution in [1.82, 2.24) is 5.48 Å². The second-order valence-electron chi connectivity index (χ2n) is 7.57. The minimum atomic E-state index is 0.125. The second kappa shape index (κ2) is 13.5. The molecule has 0 aromatic heterocycles. The van der Waals surface area contributed by atoms with E-state index in [0.717, 1.165) is 25.0 Å². The van der Waals surface area contributed by atoms with Gasteiger partial charge >= 0.3 is 0 Å². The van der Waals surface area contributed by atoms with Crippen molar-refractivity contribution in [3.05, 3.63) is 44.5 Å². The first-order valence-corrected chi connectivity index (χ1v) is 10.9. The minimum Gasteiger partial charge on any atom is -0.490 e. The predicted octanol–water partition coefficient (Wildman–Crippen LogP) is 7.71. The standard InChI is InChI=1S/C21H29Cl4NO3/c1-15(14-21(2,3)4)26-29-10-7-5-6-9-28-20-17(22)12-16(13-18(20)23)27-11-8-19(24)25/h8,12-14,26H,5-7,9-11H2,1-4H3. The number of allylic oxidation sites excluding steroid dienone is 2. The Morgan fingerprint density at radius 2 is 1.62 bits per heavy atom. The van der Waals surface area contributed by atoms with Gasteiger partial charge in [0.05, 0.1) is 23.3 Å². The van der Waals surface area contributed by atoms with Gasteiger partial charge in [0.15, 0.2) is 5.75 Å². The largest absolute Gasteiger partial charge is 0.490 e. The Labute approximate surface area is 194 Å². The monoisotopic (exact) mass is 483 g/mol. The van der Waals surface area contributed by atoms with Gasteiger partial charge in [0.2, 0.25) is 0 Å². The van der Waals surface area contributed by atoms with Crippen molar-refractivity contribution < 1.29 is 14.3 Å². The molecule has 0 bridgehead atoms. The smallest absolute Gasteiger partial charge is 0.156 e. The lowest BCUT2D eigenvalue weighted by atomic mass is 9.96. The Morgan fingerprint density at radius 3 is 2.21 bits per heavy atom. The highest BCUT2D eigenvalue weighted by molar-refractivity contribution is 6.55. The lowest BCUT2D eigenvalue weighted by molar-refractivity contribution is 0.0586. The molecule has 0 aliphatic carbocycles. The Bertz CT molecular complexity index is 673. The van der Waals surface area contributed by atoms with Crippen molar-refractivity contribution in [2.45, 2.75) is 47.0 Å². The van der Waals surface area contributed by atoms with Gasteiger partial charge in [-0.3, -0.25) is 10.3 Å². The second-order valence-corrected chi connectivity index (χ2v) is 9.40. The number of halogens is 4. The Kier molecular flexibility index (Phi) is 12.2. The van der Waals surface area contributed by atoms with E-state index in [1.54, 1.807) is 12.1 Å². The molecule has 0 fully saturated rings. The van der Waals surface area contributed by atoms with Crippen LogP contribution in [-0.4, -0.2) is 19.8 Å². The van der Waals surface area contributed by atoms with E-state index < -0.39 is 0 Å². The summed E-state index contributed by atoms with van der Waals surface area (Å²) in [6.45, 7) is 9.79. The molecule has 0 atom stereocenters. The highest BCUT2D eigenvalue weighted by Crippen LogP contribution is 2.37. The van der Waals surface area contributed by atoms with Gasteiger partial charge in [-0.2, -0.15) is 0 Å². The molecule has 29 heavy (non-hydrogen) atoms. The predicted molar refractivity (Wildman–Crippen MR) is 123 cm³/mol. The molecular weight excluding hydrogens is 456 g/mol. The molecule has 8 heteroatoms. The SMILES string of the molecule is CC(=CC(C)(C)C)NOCCCCCOc1c(Cl)cc(OCC=C(Cl)Cl)cc1Cl. The molecule has 1 aromatic rings. The third-order valence-corrected chi connectivity index (χ3v) is 4.35. The third kappa shape index (κ3) is 12.5. The Morgan fingerprint density at radius 1 is 1.00 bits per heavy atom. The molecule has 1 aromatic carbocycles. The number of nitrogens with one attached hydrogen (secondary N) is 1. The molecule has 0 unspecified atom stereocenters. The normalized spacial score (nSPS) is 11.9. The number of unbranched alkanes of at least 4 members (excludes halogenated alkanes) is 2. The summed E-state index contributed by atoms with van der Waals surface area (Å²) < 4.78 is 11.3. The van der Waals surface area contributed by atoms with Crippen molar-refractivity contribution in [2.24, 2.45) is 5.41 Å². The Hall–Kier alpha value is -0.780. The zero-order valence-corrected chi connectivity index (χ0v) is 20.3. The van der Waals surface area contributed by atoms with Crippen molar-refractivity contribution in [3.8, 4) is 11.5 Å². The molecule has 0 radical (unpaired) electrons. The van der Waals surface area contributed by atoms with Crippen LogP contribution in [0.4, 0.5) is 0 Å². The summed E-state index contributed by atoms with van der Waals surface area (Å²) in [5, 5.41) is 0.782. The number of ether oxygens (including phenoxy) is 2. The summed E-state index contributed by atoms with van der Waals surface area (Å²) >= 11 is 23.6. The highest BCUT2D eigenvalue weighted by atomic mass is 35.5. The average Bonchev–Trinajstić information content (AvgIpc) is 2.57. The van der Waals surface area contributed by atoms with E-state index in [4.69, 9.17) is 60.7 Å². The highest BCUT2D eigenvalue weighted by Gasteiger charge is 2.11. The maximum absolute atomic E-state index is 6.24. The van der Waals surface area contributed by atoms with Gasteiger partial charge in [0, 0.05) is 17.8 Å². The zero-order valence-electron chi connectivity index (χ0n) is 17.3. The molecule has 1 rings (SSSR count).